The van der Waals surface area contributed by atoms with Crippen LogP contribution < -0.4 is 0 Å². The molecule has 0 saturated carbocycles. The average molecular weight is 168 g/mol. The molecule has 70 valence electrons. The van der Waals surface area contributed by atoms with Gasteiger partial charge < -0.3 is 9.80 Å². The first-order chi connectivity index (χ1) is 5.52. The van der Waals surface area contributed by atoms with E-state index >= 15 is 0 Å². The van der Waals surface area contributed by atoms with Crippen LogP contribution in [0, 0.1) is 0 Å². The molecule has 0 amide bonds. The molecular formula is C10H20N2. The minimum atomic E-state index is 0.615. The first-order valence-electron chi connectivity index (χ1n) is 4.73. The van der Waals surface area contributed by atoms with E-state index in [-0.39, 0.29) is 0 Å². The lowest BCUT2D eigenvalue weighted by molar-refractivity contribution is 0.195. The van der Waals surface area contributed by atoms with Crippen LogP contribution in [0.5, 0.6) is 0 Å². The van der Waals surface area contributed by atoms with E-state index < -0.39 is 0 Å². The molecule has 1 rings (SSSR count). The zero-order chi connectivity index (χ0) is 9.30. The molecule has 2 heteroatoms. The highest BCUT2D eigenvalue weighted by Crippen LogP contribution is 2.19. The first kappa shape index (κ1) is 9.43. The summed E-state index contributed by atoms with van der Waals surface area (Å²) in [6.07, 6.45) is 2.25. The normalized spacial score (nSPS) is 18.1. The quantitative estimate of drug-likeness (QED) is 0.624. The Labute approximate surface area is 75.8 Å². The summed E-state index contributed by atoms with van der Waals surface area (Å²) >= 11 is 0. The molecule has 0 radical (unpaired) electrons. The highest BCUT2D eigenvalue weighted by molar-refractivity contribution is 5.05. The molecule has 1 aliphatic rings. The van der Waals surface area contributed by atoms with Crippen molar-refractivity contribution in [2.45, 2.75) is 46.7 Å². The van der Waals surface area contributed by atoms with E-state index in [1.807, 2.05) is 0 Å². The van der Waals surface area contributed by atoms with Gasteiger partial charge in [0.05, 0.1) is 6.67 Å². The zero-order valence-corrected chi connectivity index (χ0v) is 8.83. The topological polar surface area (TPSA) is 6.48 Å². The molecule has 0 unspecified atom stereocenters. The Morgan fingerprint density at radius 2 is 1.75 bits per heavy atom. The molecule has 12 heavy (non-hydrogen) atoms. The van der Waals surface area contributed by atoms with E-state index in [2.05, 4.69) is 50.6 Å². The molecule has 0 fully saturated rings. The Bertz CT molecular complexity index is 182. The summed E-state index contributed by atoms with van der Waals surface area (Å²) in [5.41, 5.74) is 1.39. The lowest BCUT2D eigenvalue weighted by Crippen LogP contribution is -2.34. The molecule has 0 aromatic carbocycles. The standard InChI is InChI=1S/C10H20N2/c1-8(2)11-6-10(5)12(7-11)9(3)4/h6,8-9H,7H2,1-5H3. The van der Waals surface area contributed by atoms with Crippen molar-refractivity contribution in [3.63, 3.8) is 0 Å². The van der Waals surface area contributed by atoms with Gasteiger partial charge in [-0.3, -0.25) is 0 Å². The van der Waals surface area contributed by atoms with Crippen molar-refractivity contribution in [1.29, 1.82) is 0 Å². The molecule has 0 atom stereocenters. The van der Waals surface area contributed by atoms with Crippen LogP contribution in [0.2, 0.25) is 0 Å². The molecule has 0 spiro atoms. The molecule has 0 N–H and O–H groups in total. The lowest BCUT2D eigenvalue weighted by atomic mass is 10.3. The van der Waals surface area contributed by atoms with E-state index in [1.54, 1.807) is 0 Å². The Morgan fingerprint density at radius 1 is 1.17 bits per heavy atom. The van der Waals surface area contributed by atoms with Gasteiger partial charge in [0.15, 0.2) is 0 Å². The number of hydrogen-bond donors (Lipinski definition) is 0. The Morgan fingerprint density at radius 3 is 2.00 bits per heavy atom. The SMILES string of the molecule is CC1=CN(C(C)C)CN1C(C)C. The molecule has 0 bridgehead atoms. The smallest absolute Gasteiger partial charge is 0.0901 e. The number of nitrogens with zero attached hydrogens (tertiary/aromatic N) is 2. The second-order valence-electron chi connectivity index (χ2n) is 4.08. The lowest BCUT2D eigenvalue weighted by Gasteiger charge is -2.28. The fourth-order valence-electron chi connectivity index (χ4n) is 1.53. The molecule has 0 aliphatic carbocycles. The van der Waals surface area contributed by atoms with Crippen LogP contribution in [0.3, 0.4) is 0 Å². The maximum Gasteiger partial charge on any atom is 0.0901 e. The molecule has 0 saturated heterocycles. The van der Waals surface area contributed by atoms with Gasteiger partial charge in [-0.15, -0.1) is 0 Å². The van der Waals surface area contributed by atoms with Gasteiger partial charge in [0.1, 0.15) is 0 Å². The van der Waals surface area contributed by atoms with Gasteiger partial charge >= 0.3 is 0 Å². The number of hydrogen-bond acceptors (Lipinski definition) is 2. The summed E-state index contributed by atoms with van der Waals surface area (Å²) in [7, 11) is 0. The van der Waals surface area contributed by atoms with E-state index in [0.29, 0.717) is 12.1 Å². The third kappa shape index (κ3) is 1.74. The minimum absolute atomic E-state index is 0.615. The summed E-state index contributed by atoms with van der Waals surface area (Å²) in [5.74, 6) is 0. The van der Waals surface area contributed by atoms with Crippen LogP contribution in [-0.2, 0) is 0 Å². The van der Waals surface area contributed by atoms with Crippen molar-refractivity contribution in [2.24, 2.45) is 0 Å². The van der Waals surface area contributed by atoms with Crippen LogP contribution in [0.4, 0.5) is 0 Å². The van der Waals surface area contributed by atoms with Crippen LogP contribution in [0.25, 0.3) is 0 Å². The zero-order valence-electron chi connectivity index (χ0n) is 8.83. The molecule has 0 aromatic rings. The van der Waals surface area contributed by atoms with Gasteiger partial charge in [-0.1, -0.05) is 0 Å². The van der Waals surface area contributed by atoms with E-state index in [0.717, 1.165) is 6.67 Å². The van der Waals surface area contributed by atoms with Gasteiger partial charge in [0.25, 0.3) is 0 Å². The van der Waals surface area contributed by atoms with E-state index in [9.17, 15) is 0 Å². The van der Waals surface area contributed by atoms with Crippen LogP contribution in [-0.4, -0.2) is 28.6 Å². The van der Waals surface area contributed by atoms with Gasteiger partial charge in [0, 0.05) is 24.0 Å². The van der Waals surface area contributed by atoms with Crippen LogP contribution in [0.1, 0.15) is 34.6 Å². The van der Waals surface area contributed by atoms with Gasteiger partial charge in [-0.25, -0.2) is 0 Å². The molecular weight excluding hydrogens is 148 g/mol. The fourth-order valence-corrected chi connectivity index (χ4v) is 1.53. The third-order valence-electron chi connectivity index (χ3n) is 2.41. The number of allylic oxidation sites excluding steroid dienone is 1. The second kappa shape index (κ2) is 3.38. The maximum absolute atomic E-state index is 2.42. The Hall–Kier alpha value is -0.660. The second-order valence-corrected chi connectivity index (χ2v) is 4.08. The summed E-state index contributed by atoms with van der Waals surface area (Å²) in [4.78, 5) is 4.79. The van der Waals surface area contributed by atoms with Crippen molar-refractivity contribution in [3.05, 3.63) is 11.9 Å². The largest absolute Gasteiger partial charge is 0.356 e. The average Bonchev–Trinajstić information content (AvgIpc) is 2.30. The van der Waals surface area contributed by atoms with Crippen LogP contribution >= 0.6 is 0 Å². The van der Waals surface area contributed by atoms with Gasteiger partial charge in [0.2, 0.25) is 0 Å². The predicted octanol–water partition coefficient (Wildman–Crippen LogP) is 2.24. The van der Waals surface area contributed by atoms with Crippen molar-refractivity contribution >= 4 is 0 Å². The molecule has 1 aliphatic heterocycles. The highest BCUT2D eigenvalue weighted by atomic mass is 15.4. The summed E-state index contributed by atoms with van der Waals surface area (Å²) in [6.45, 7) is 12.2. The Kier molecular flexibility index (Phi) is 2.65. The first-order valence-corrected chi connectivity index (χ1v) is 4.73. The van der Waals surface area contributed by atoms with E-state index in [1.165, 1.54) is 5.70 Å². The Balaban J connectivity index is 2.61. The van der Waals surface area contributed by atoms with Gasteiger partial charge in [-0.2, -0.15) is 0 Å². The van der Waals surface area contributed by atoms with Crippen LogP contribution in [0.15, 0.2) is 11.9 Å². The number of rotatable bonds is 2. The summed E-state index contributed by atoms with van der Waals surface area (Å²) in [6, 6.07) is 1.23. The van der Waals surface area contributed by atoms with E-state index in [4.69, 9.17) is 0 Å². The molecule has 2 nitrogen and oxygen atoms in total. The fraction of sp³-hybridized carbons (Fsp3) is 0.800. The van der Waals surface area contributed by atoms with Gasteiger partial charge in [-0.05, 0) is 34.6 Å². The van der Waals surface area contributed by atoms with Crippen molar-refractivity contribution in [2.75, 3.05) is 6.67 Å². The summed E-state index contributed by atoms with van der Waals surface area (Å²) in [5, 5.41) is 0. The minimum Gasteiger partial charge on any atom is -0.356 e. The van der Waals surface area contributed by atoms with Crippen molar-refractivity contribution in [3.8, 4) is 0 Å². The molecule has 1 heterocycles. The maximum atomic E-state index is 2.42. The van der Waals surface area contributed by atoms with Crippen molar-refractivity contribution < 1.29 is 0 Å². The third-order valence-corrected chi connectivity index (χ3v) is 2.41. The summed E-state index contributed by atoms with van der Waals surface area (Å²) < 4.78 is 0. The molecule has 0 aromatic heterocycles. The monoisotopic (exact) mass is 168 g/mol. The van der Waals surface area contributed by atoms with Crippen molar-refractivity contribution in [1.82, 2.24) is 9.80 Å². The predicted molar refractivity (Wildman–Crippen MR) is 52.6 cm³/mol. The highest BCUT2D eigenvalue weighted by Gasteiger charge is 2.20.